The number of allylic oxidation sites excluding steroid dienone is 1. The molecule has 130 valence electrons. The number of rotatable bonds is 4. The van der Waals surface area contributed by atoms with Crippen LogP contribution in [0.4, 0.5) is 10.5 Å². The van der Waals surface area contributed by atoms with E-state index >= 15 is 0 Å². The summed E-state index contributed by atoms with van der Waals surface area (Å²) in [5.74, 6) is 0.532. The number of ether oxygens (including phenoxy) is 1. The smallest absolute Gasteiger partial charge is 0.591 e. The van der Waals surface area contributed by atoms with Crippen LogP contribution in [0.1, 0.15) is 44.1 Å². The second-order valence-corrected chi connectivity index (χ2v) is 6.57. The second kappa shape index (κ2) is 9.66. The Bertz CT molecular complexity index is 707. The monoisotopic (exact) mass is 341 g/mol. The Morgan fingerprint density at radius 2 is 1.62 bits per heavy atom. The Morgan fingerprint density at radius 3 is 2.19 bits per heavy atom. The van der Waals surface area contributed by atoms with Gasteiger partial charge in [-0.2, -0.15) is 0 Å². The third kappa shape index (κ3) is 5.27. The van der Waals surface area contributed by atoms with Crippen molar-refractivity contribution in [2.75, 3.05) is 0 Å². The molecule has 0 unspecified atom stereocenters. The molecule has 0 saturated heterocycles. The maximum absolute atomic E-state index is 12.3. The van der Waals surface area contributed by atoms with E-state index in [1.807, 2.05) is 43.3 Å². The van der Waals surface area contributed by atoms with Gasteiger partial charge in [-0.1, -0.05) is 66.7 Å². The standard InChI is InChI=1S/C22H25NO2.Li/c1-2-15-22(25-21(24)23-20-11-7-4-8-12-20)16-13-19(14-17-22)18-9-5-3-6-10-18;/h2-12,15,19H,13-14,16-17H2,1H3,(H,23,24);/q;+1/p-1/b15-2-;. The molecule has 0 bridgehead atoms. The third-order valence-electron chi connectivity index (χ3n) is 4.84. The van der Waals surface area contributed by atoms with Crippen molar-refractivity contribution >= 4 is 11.8 Å². The zero-order valence-electron chi connectivity index (χ0n) is 15.6. The summed E-state index contributed by atoms with van der Waals surface area (Å²) in [4.78, 5) is 12.3. The van der Waals surface area contributed by atoms with E-state index in [-0.39, 0.29) is 18.9 Å². The molecular weight excluding hydrogens is 317 g/mol. The van der Waals surface area contributed by atoms with Gasteiger partial charge in [0.05, 0.1) is 0 Å². The fourth-order valence-electron chi connectivity index (χ4n) is 3.58. The van der Waals surface area contributed by atoms with E-state index in [2.05, 4.69) is 29.6 Å². The molecule has 0 N–H and O–H groups in total. The number of nitrogens with zero attached hydrogens (tertiary/aromatic N) is 1. The summed E-state index contributed by atoms with van der Waals surface area (Å²) in [5, 5.41) is 4.06. The topological polar surface area (TPSA) is 40.4 Å². The average molecular weight is 341 g/mol. The SMILES string of the molecule is C/C=C\C1(OC(=O)[N-]c2ccccc2)CCC(c2ccccc2)CC1.[Li+]. The molecule has 2 aromatic carbocycles. The van der Waals surface area contributed by atoms with Crippen molar-refractivity contribution in [3.8, 4) is 0 Å². The molecule has 0 radical (unpaired) electrons. The van der Waals surface area contributed by atoms with Gasteiger partial charge in [-0.25, -0.2) is 0 Å². The van der Waals surface area contributed by atoms with Crippen molar-refractivity contribution in [3.63, 3.8) is 0 Å². The Kier molecular flexibility index (Phi) is 7.57. The third-order valence-corrected chi connectivity index (χ3v) is 4.84. The zero-order chi connectivity index (χ0) is 17.5. The Morgan fingerprint density at radius 1 is 1.04 bits per heavy atom. The van der Waals surface area contributed by atoms with Crippen molar-refractivity contribution in [2.24, 2.45) is 0 Å². The largest absolute Gasteiger partial charge is 1.00 e. The summed E-state index contributed by atoms with van der Waals surface area (Å²) in [6.07, 6.45) is 7.15. The summed E-state index contributed by atoms with van der Waals surface area (Å²) in [5.41, 5.74) is 1.47. The molecule has 26 heavy (non-hydrogen) atoms. The van der Waals surface area contributed by atoms with E-state index in [1.165, 1.54) is 5.56 Å². The normalized spacial score (nSPS) is 22.4. The number of benzene rings is 2. The van der Waals surface area contributed by atoms with E-state index < -0.39 is 11.7 Å². The van der Waals surface area contributed by atoms with E-state index in [0.717, 1.165) is 25.7 Å². The van der Waals surface area contributed by atoms with Gasteiger partial charge in [-0.05, 0) is 50.2 Å². The number of carbonyl (C=O) groups is 1. The van der Waals surface area contributed by atoms with Gasteiger partial charge in [-0.15, -0.1) is 5.69 Å². The molecule has 4 heteroatoms. The number of hydrogen-bond acceptors (Lipinski definition) is 2. The van der Waals surface area contributed by atoms with Gasteiger partial charge in [0, 0.05) is 0 Å². The van der Waals surface area contributed by atoms with E-state index in [0.29, 0.717) is 11.6 Å². The molecular formula is C22H24LiNO2. The first-order valence-electron chi connectivity index (χ1n) is 8.89. The van der Waals surface area contributed by atoms with Gasteiger partial charge >= 0.3 is 18.9 Å². The first kappa shape index (κ1) is 20.4. The van der Waals surface area contributed by atoms with E-state index in [9.17, 15) is 4.79 Å². The van der Waals surface area contributed by atoms with Crippen molar-refractivity contribution in [1.29, 1.82) is 0 Å². The van der Waals surface area contributed by atoms with Gasteiger partial charge in [0.1, 0.15) is 5.60 Å². The molecule has 0 spiro atoms. The molecule has 3 nitrogen and oxygen atoms in total. The van der Waals surface area contributed by atoms with Crippen LogP contribution in [-0.4, -0.2) is 11.7 Å². The predicted molar refractivity (Wildman–Crippen MR) is 101 cm³/mol. The Hall–Kier alpha value is -1.95. The van der Waals surface area contributed by atoms with Crippen molar-refractivity contribution in [2.45, 2.75) is 44.1 Å². The minimum Gasteiger partial charge on any atom is -0.591 e. The molecule has 0 heterocycles. The molecule has 1 amide bonds. The van der Waals surface area contributed by atoms with Gasteiger partial charge in [0.15, 0.2) is 0 Å². The number of para-hydroxylation sites is 1. The molecule has 1 saturated carbocycles. The van der Waals surface area contributed by atoms with Gasteiger partial charge < -0.3 is 10.1 Å². The van der Waals surface area contributed by atoms with Crippen molar-refractivity contribution in [1.82, 2.24) is 0 Å². The minimum atomic E-state index is -0.532. The summed E-state index contributed by atoms with van der Waals surface area (Å²) in [6, 6.07) is 19.8. The maximum Gasteiger partial charge on any atom is 1.00 e. The molecule has 1 aliphatic carbocycles. The summed E-state index contributed by atoms with van der Waals surface area (Å²) < 4.78 is 5.82. The quantitative estimate of drug-likeness (QED) is 0.631. The maximum atomic E-state index is 12.3. The van der Waals surface area contributed by atoms with E-state index in [4.69, 9.17) is 4.74 Å². The predicted octanol–water partition coefficient (Wildman–Crippen LogP) is 3.51. The van der Waals surface area contributed by atoms with Gasteiger partial charge in [0.25, 0.3) is 0 Å². The zero-order valence-corrected chi connectivity index (χ0v) is 15.6. The van der Waals surface area contributed by atoms with Crippen LogP contribution in [0.2, 0.25) is 0 Å². The van der Waals surface area contributed by atoms with Gasteiger partial charge in [0.2, 0.25) is 6.09 Å². The molecule has 0 aromatic heterocycles. The first-order chi connectivity index (χ1) is 12.2. The summed E-state index contributed by atoms with van der Waals surface area (Å²) in [6.45, 7) is 1.97. The van der Waals surface area contributed by atoms with Crippen LogP contribution in [0.3, 0.4) is 0 Å². The summed E-state index contributed by atoms with van der Waals surface area (Å²) >= 11 is 0. The van der Waals surface area contributed by atoms with Crippen LogP contribution in [0, 0.1) is 0 Å². The van der Waals surface area contributed by atoms with Crippen molar-refractivity contribution < 1.29 is 28.4 Å². The molecule has 1 aliphatic rings. The second-order valence-electron chi connectivity index (χ2n) is 6.57. The first-order valence-corrected chi connectivity index (χ1v) is 8.89. The Balaban J connectivity index is 0.00000243. The van der Waals surface area contributed by atoms with Crippen LogP contribution in [0.5, 0.6) is 0 Å². The van der Waals surface area contributed by atoms with Crippen LogP contribution in [0.15, 0.2) is 72.8 Å². The number of carbonyl (C=O) groups excluding carboxylic acids is 1. The molecule has 2 aromatic rings. The van der Waals surface area contributed by atoms with Crippen LogP contribution in [0.25, 0.3) is 5.32 Å². The molecule has 3 rings (SSSR count). The fourth-order valence-corrected chi connectivity index (χ4v) is 3.58. The van der Waals surface area contributed by atoms with Crippen LogP contribution < -0.4 is 18.9 Å². The van der Waals surface area contributed by atoms with Gasteiger partial charge in [-0.3, -0.25) is 4.79 Å². The average Bonchev–Trinajstić information content (AvgIpc) is 2.64. The van der Waals surface area contributed by atoms with E-state index in [1.54, 1.807) is 12.1 Å². The Labute approximate surface area is 168 Å². The molecule has 0 aliphatic heterocycles. The fraction of sp³-hybridized carbons (Fsp3) is 0.318. The molecule has 0 atom stereocenters. The van der Waals surface area contributed by atoms with Crippen molar-refractivity contribution in [3.05, 3.63) is 83.7 Å². The number of amides is 1. The van der Waals surface area contributed by atoms with Crippen LogP contribution >= 0.6 is 0 Å². The van der Waals surface area contributed by atoms with Crippen LogP contribution in [-0.2, 0) is 4.74 Å². The minimum absolute atomic E-state index is 0. The molecule has 1 fully saturated rings. The number of hydrogen-bond donors (Lipinski definition) is 0. The summed E-state index contributed by atoms with van der Waals surface area (Å²) in [7, 11) is 0.